The molecule has 0 fully saturated rings. The highest BCUT2D eigenvalue weighted by molar-refractivity contribution is 7.99. The molecule has 71 heavy (non-hydrogen) atoms. The third kappa shape index (κ3) is 6.18. The van der Waals surface area contributed by atoms with Crippen LogP contribution in [0.1, 0.15) is 76.3 Å². The van der Waals surface area contributed by atoms with E-state index in [0.29, 0.717) is 6.67 Å². The van der Waals surface area contributed by atoms with Crippen LogP contribution < -0.4 is 19.4 Å². The molecule has 0 aliphatic carbocycles. The third-order valence-corrected chi connectivity index (χ3v) is 16.9. The topological polar surface area (TPSA) is 36.8 Å². The second-order valence-corrected chi connectivity index (χ2v) is 22.8. The van der Waals surface area contributed by atoms with E-state index < -0.39 is 0 Å². The number of hydrogen-bond donors (Lipinski definition) is 0. The summed E-state index contributed by atoms with van der Waals surface area (Å²) >= 11 is 1.92. The van der Waals surface area contributed by atoms with Crippen LogP contribution in [0.3, 0.4) is 0 Å². The first-order valence-electron chi connectivity index (χ1n) is 24.8. The Bertz CT molecular complexity index is 3790. The lowest BCUT2D eigenvalue weighted by atomic mass is 9.66. The number of nitrogens with zero attached hydrogens (tertiary/aromatic N) is 5. The fourth-order valence-electron chi connectivity index (χ4n) is 12.0. The minimum Gasteiger partial charge on any atom is -0.457 e. The van der Waals surface area contributed by atoms with Gasteiger partial charge in [0.15, 0.2) is 0 Å². The van der Waals surface area contributed by atoms with Crippen LogP contribution in [0, 0.1) is 0 Å². The summed E-state index contributed by atoms with van der Waals surface area (Å²) in [6.07, 6.45) is 1.94. The summed E-state index contributed by atoms with van der Waals surface area (Å²) in [6.45, 7) is 17.1. The number of anilines is 7. The van der Waals surface area contributed by atoms with Crippen LogP contribution in [-0.2, 0) is 16.2 Å². The number of benzene rings is 8. The smallest absolute Gasteiger partial charge is 0.137 e. The Kier molecular flexibility index (Phi) is 8.84. The molecule has 7 heteroatoms. The van der Waals surface area contributed by atoms with Gasteiger partial charge < -0.3 is 19.4 Å². The van der Waals surface area contributed by atoms with Crippen LogP contribution in [0.25, 0.3) is 38.8 Å². The van der Waals surface area contributed by atoms with Gasteiger partial charge in [-0.25, -0.2) is 4.98 Å². The quantitative estimate of drug-likeness (QED) is 0.165. The van der Waals surface area contributed by atoms with Gasteiger partial charge in [0, 0.05) is 61.1 Å². The van der Waals surface area contributed by atoms with Gasteiger partial charge in [-0.15, -0.1) is 0 Å². The largest absolute Gasteiger partial charge is 0.457 e. The zero-order valence-electron chi connectivity index (χ0n) is 41.1. The van der Waals surface area contributed by atoms with Crippen molar-refractivity contribution in [1.29, 1.82) is 0 Å². The van der Waals surface area contributed by atoms with Crippen molar-refractivity contribution in [2.75, 3.05) is 21.4 Å². The number of rotatable bonds is 6. The molecule has 0 N–H and O–H groups in total. The lowest BCUT2D eigenvalue weighted by Crippen LogP contribution is -2.40. The van der Waals surface area contributed by atoms with Crippen molar-refractivity contribution in [3.05, 3.63) is 210 Å². The van der Waals surface area contributed by atoms with Crippen molar-refractivity contribution in [2.45, 2.75) is 74.5 Å². The maximum absolute atomic E-state index is 6.89. The number of ether oxygens (including phenoxy) is 1. The SMILES string of the molecule is CC(C)(C)c1ccnc(-n2c3ccc(-c4ccccc4)cc3c3ccc(Oc4cccc(N5CN(c6cc7c8c(c6)C(C)(C)c6cccc9c6N8c6c(cccc6C7(C)C)S9)c6ccccc65)c4)cc32)c1. The van der Waals surface area contributed by atoms with E-state index in [1.807, 2.05) is 18.0 Å². The van der Waals surface area contributed by atoms with Gasteiger partial charge in [0.05, 0.1) is 39.5 Å². The van der Waals surface area contributed by atoms with E-state index in [-0.39, 0.29) is 16.2 Å². The summed E-state index contributed by atoms with van der Waals surface area (Å²) in [4.78, 5) is 15.2. The van der Waals surface area contributed by atoms with Crippen LogP contribution in [0.15, 0.2) is 192 Å². The highest BCUT2D eigenvalue weighted by Crippen LogP contribution is 2.67. The Morgan fingerprint density at radius 1 is 0.507 bits per heavy atom. The summed E-state index contributed by atoms with van der Waals surface area (Å²) in [5.74, 6) is 2.43. The summed E-state index contributed by atoms with van der Waals surface area (Å²) < 4.78 is 9.18. The predicted molar refractivity (Wildman–Crippen MR) is 294 cm³/mol. The summed E-state index contributed by atoms with van der Waals surface area (Å²) in [5, 5.41) is 2.32. The Morgan fingerprint density at radius 2 is 1.15 bits per heavy atom. The van der Waals surface area contributed by atoms with Crippen LogP contribution in [0.4, 0.5) is 39.8 Å². The second-order valence-electron chi connectivity index (χ2n) is 21.7. The van der Waals surface area contributed by atoms with Crippen LogP contribution in [-0.4, -0.2) is 16.2 Å². The molecule has 0 saturated carbocycles. The molecule has 6 heterocycles. The van der Waals surface area contributed by atoms with Crippen molar-refractivity contribution in [3.8, 4) is 28.4 Å². The van der Waals surface area contributed by atoms with Gasteiger partial charge in [0.2, 0.25) is 0 Å². The van der Waals surface area contributed by atoms with Gasteiger partial charge in [-0.1, -0.05) is 139 Å². The monoisotopic (exact) mass is 939 g/mol. The van der Waals surface area contributed by atoms with Gasteiger partial charge >= 0.3 is 0 Å². The summed E-state index contributed by atoms with van der Waals surface area (Å²) in [7, 11) is 0. The zero-order chi connectivity index (χ0) is 48.1. The van der Waals surface area contributed by atoms with E-state index in [1.165, 1.54) is 88.2 Å². The van der Waals surface area contributed by atoms with Crippen molar-refractivity contribution in [3.63, 3.8) is 0 Å². The van der Waals surface area contributed by atoms with Gasteiger partial charge in [-0.05, 0) is 129 Å². The molecule has 0 atom stereocenters. The molecule has 0 saturated heterocycles. The van der Waals surface area contributed by atoms with Crippen molar-refractivity contribution in [2.24, 2.45) is 0 Å². The van der Waals surface area contributed by atoms with E-state index in [2.05, 4.69) is 244 Å². The first-order valence-corrected chi connectivity index (χ1v) is 25.6. The van der Waals surface area contributed by atoms with Crippen LogP contribution in [0.2, 0.25) is 0 Å². The fourth-order valence-corrected chi connectivity index (χ4v) is 13.2. The number of aromatic nitrogens is 2. The normalized spacial score (nSPS) is 15.6. The third-order valence-electron chi connectivity index (χ3n) is 15.8. The molecule has 14 rings (SSSR count). The maximum Gasteiger partial charge on any atom is 0.137 e. The zero-order valence-corrected chi connectivity index (χ0v) is 41.9. The van der Waals surface area contributed by atoms with Gasteiger partial charge in [-0.2, -0.15) is 0 Å². The molecule has 346 valence electrons. The number of fused-ring (bicyclic) bond motifs is 4. The van der Waals surface area contributed by atoms with Crippen molar-refractivity contribution < 1.29 is 4.74 Å². The Morgan fingerprint density at radius 3 is 1.85 bits per heavy atom. The molecule has 2 aromatic heterocycles. The Labute approximate surface area is 419 Å². The molecular weight excluding hydrogens is 887 g/mol. The van der Waals surface area contributed by atoms with Crippen molar-refractivity contribution in [1.82, 2.24) is 9.55 Å². The minimum atomic E-state index is -0.220. The predicted octanol–water partition coefficient (Wildman–Crippen LogP) is 17.4. The number of para-hydroxylation sites is 4. The first-order chi connectivity index (χ1) is 34.3. The summed E-state index contributed by atoms with van der Waals surface area (Å²) in [6, 6.07) is 64.4. The molecule has 0 radical (unpaired) electrons. The second kappa shape index (κ2) is 14.9. The van der Waals surface area contributed by atoms with Crippen molar-refractivity contribution >= 4 is 73.4 Å². The first kappa shape index (κ1) is 42.2. The van der Waals surface area contributed by atoms with Gasteiger partial charge in [0.1, 0.15) is 24.0 Å². The van der Waals surface area contributed by atoms with E-state index in [1.54, 1.807) is 0 Å². The molecule has 10 aromatic rings. The van der Waals surface area contributed by atoms with Gasteiger partial charge in [0.25, 0.3) is 0 Å². The van der Waals surface area contributed by atoms with Crippen LogP contribution in [0.5, 0.6) is 11.5 Å². The summed E-state index contributed by atoms with van der Waals surface area (Å²) in [5.41, 5.74) is 19.4. The molecule has 4 aliphatic rings. The highest BCUT2D eigenvalue weighted by atomic mass is 32.2. The number of pyridine rings is 1. The Hall–Kier alpha value is -7.74. The number of hydrogen-bond acceptors (Lipinski definition) is 6. The lowest BCUT2D eigenvalue weighted by molar-refractivity contribution is 0.483. The average Bonchev–Trinajstić information content (AvgIpc) is 3.93. The minimum absolute atomic E-state index is 0.0323. The molecule has 0 amide bonds. The van der Waals surface area contributed by atoms with E-state index in [4.69, 9.17) is 9.72 Å². The Balaban J connectivity index is 0.845. The lowest BCUT2D eigenvalue weighted by Gasteiger charge is -2.52. The van der Waals surface area contributed by atoms with E-state index in [9.17, 15) is 0 Å². The molecule has 8 aromatic carbocycles. The molecule has 4 aliphatic heterocycles. The standard InChI is InChI=1S/C64H53N5OS/c1-62(2,3)41-30-31-65-58(33-41)68-52-29-26-40(39-16-9-8-10-17-39)32-47(52)46-28-27-45(37-55(46)68)70-44-19-13-18-42(34-44)66-38-67(54-23-12-11-22-53(54)66)43-35-50-59-51(36-43)64(6,7)49-21-15-25-57-61(49)69(59)60-48(63(50,4)5)20-14-24-56(60)71-57/h8-37H,38H2,1-7H3. The maximum atomic E-state index is 6.89. The molecule has 0 unspecified atom stereocenters. The van der Waals surface area contributed by atoms with E-state index in [0.717, 1.165) is 39.4 Å². The molecule has 0 spiro atoms. The molecule has 0 bridgehead atoms. The highest BCUT2D eigenvalue weighted by Gasteiger charge is 2.49. The molecule has 6 nitrogen and oxygen atoms in total. The average molecular weight is 940 g/mol. The fraction of sp³-hybridized carbons (Fsp3) is 0.172. The van der Waals surface area contributed by atoms with Crippen LogP contribution >= 0.6 is 11.8 Å². The van der Waals surface area contributed by atoms with Gasteiger partial charge in [-0.3, -0.25) is 4.57 Å². The molecular formula is C64H53N5OS. The van der Waals surface area contributed by atoms with E-state index >= 15 is 0 Å².